The van der Waals surface area contributed by atoms with Gasteiger partial charge in [0.05, 0.1) is 13.2 Å². The Morgan fingerprint density at radius 2 is 1.80 bits per heavy atom. The lowest BCUT2D eigenvalue weighted by Crippen LogP contribution is -2.01. The van der Waals surface area contributed by atoms with E-state index in [9.17, 15) is 4.57 Å². The average molecular weight is 269 g/mol. The number of rotatable bonds is 5. The van der Waals surface area contributed by atoms with Gasteiger partial charge in [-0.05, 0) is 20.3 Å². The molecule has 88 valence electrons. The molecule has 4 nitrogen and oxygen atoms in total. The Labute approximate surface area is 99.2 Å². The van der Waals surface area contributed by atoms with E-state index in [1.807, 2.05) is 0 Å². The second kappa shape index (κ2) is 6.97. The predicted octanol–water partition coefficient (Wildman–Crippen LogP) is 3.39. The molecule has 0 saturated carbocycles. The quantitative estimate of drug-likeness (QED) is 0.716. The van der Waals surface area contributed by atoms with Gasteiger partial charge in [0.25, 0.3) is 0 Å². The molecule has 7 heteroatoms. The largest absolute Gasteiger partial charge is 0.455 e. The Balaban J connectivity index is 2.66. The number of hydrogen-bond acceptors (Lipinski definition) is 5. The highest BCUT2D eigenvalue weighted by Gasteiger charge is 2.24. The Bertz CT molecular complexity index is 255. The van der Waals surface area contributed by atoms with Crippen LogP contribution in [0.1, 0.15) is 20.3 Å². The van der Waals surface area contributed by atoms with Gasteiger partial charge in [0.15, 0.2) is 0 Å². The van der Waals surface area contributed by atoms with E-state index in [2.05, 4.69) is 4.76 Å². The fourth-order valence-corrected chi connectivity index (χ4v) is 5.05. The van der Waals surface area contributed by atoms with Crippen LogP contribution in [0.15, 0.2) is 4.76 Å². The van der Waals surface area contributed by atoms with Crippen molar-refractivity contribution < 1.29 is 13.6 Å². The molecule has 1 aliphatic rings. The van der Waals surface area contributed by atoms with E-state index in [-0.39, 0.29) is 0 Å². The van der Waals surface area contributed by atoms with Crippen molar-refractivity contribution in [3.8, 4) is 0 Å². The lowest BCUT2D eigenvalue weighted by molar-refractivity contribution is 0.221. The van der Waals surface area contributed by atoms with Crippen molar-refractivity contribution in [2.75, 3.05) is 24.7 Å². The Morgan fingerprint density at radius 3 is 2.27 bits per heavy atom. The van der Waals surface area contributed by atoms with Crippen LogP contribution in [0.25, 0.3) is 0 Å². The van der Waals surface area contributed by atoms with Crippen LogP contribution in [0, 0.1) is 0 Å². The minimum Gasteiger partial charge on any atom is -0.291 e. The molecule has 1 heterocycles. The summed E-state index contributed by atoms with van der Waals surface area (Å²) in [6.07, 6.45) is 1.17. The monoisotopic (exact) mass is 269 g/mol. The third-order valence-electron chi connectivity index (χ3n) is 1.53. The minimum atomic E-state index is -3.24. The molecule has 0 unspecified atom stereocenters. The van der Waals surface area contributed by atoms with Gasteiger partial charge in [-0.2, -0.15) is 4.76 Å². The fraction of sp³-hybridized carbons (Fsp3) is 0.875. The van der Waals surface area contributed by atoms with Crippen LogP contribution in [0.4, 0.5) is 0 Å². The van der Waals surface area contributed by atoms with Crippen LogP contribution >= 0.6 is 31.3 Å². The molecule has 1 aliphatic heterocycles. The van der Waals surface area contributed by atoms with Gasteiger partial charge in [-0.15, -0.1) is 0 Å². The number of hydrogen-bond donors (Lipinski definition) is 0. The number of nitrogens with zero attached hydrogens (tertiary/aromatic N) is 1. The van der Waals surface area contributed by atoms with Crippen molar-refractivity contribution in [3.05, 3.63) is 0 Å². The van der Waals surface area contributed by atoms with Gasteiger partial charge >= 0.3 is 7.75 Å². The molecule has 0 aliphatic carbocycles. The molecule has 0 amide bonds. The van der Waals surface area contributed by atoms with E-state index in [0.29, 0.717) is 13.2 Å². The van der Waals surface area contributed by atoms with Crippen LogP contribution in [-0.2, 0) is 13.6 Å². The van der Waals surface area contributed by atoms with Gasteiger partial charge in [0.2, 0.25) is 0 Å². The van der Waals surface area contributed by atoms with E-state index >= 15 is 0 Å². The Kier molecular flexibility index (Phi) is 6.31. The highest BCUT2D eigenvalue weighted by Crippen LogP contribution is 2.51. The zero-order valence-electron chi connectivity index (χ0n) is 8.97. The van der Waals surface area contributed by atoms with Crippen molar-refractivity contribution in [2.45, 2.75) is 20.3 Å². The van der Waals surface area contributed by atoms with Crippen molar-refractivity contribution in [3.63, 3.8) is 0 Å². The zero-order chi connectivity index (χ0) is 11.1. The molecular formula is C8H16NO3PS2. The molecule has 1 saturated heterocycles. The van der Waals surface area contributed by atoms with Gasteiger partial charge in [-0.25, -0.2) is 4.57 Å². The molecule has 0 aromatic carbocycles. The molecule has 0 spiro atoms. The third kappa shape index (κ3) is 4.91. The predicted molar refractivity (Wildman–Crippen MR) is 67.8 cm³/mol. The van der Waals surface area contributed by atoms with E-state index in [1.54, 1.807) is 37.4 Å². The lowest BCUT2D eigenvalue weighted by atomic mass is 10.6. The van der Waals surface area contributed by atoms with E-state index in [1.165, 1.54) is 6.42 Å². The zero-order valence-corrected chi connectivity index (χ0v) is 11.5. The summed E-state index contributed by atoms with van der Waals surface area (Å²) in [5.74, 6) is 2.06. The summed E-state index contributed by atoms with van der Waals surface area (Å²) in [4.78, 5) is 0. The second-order valence-electron chi connectivity index (χ2n) is 2.72. The molecule has 0 aromatic heterocycles. The van der Waals surface area contributed by atoms with E-state index < -0.39 is 7.75 Å². The topological polar surface area (TPSA) is 47.9 Å². The maximum atomic E-state index is 12.0. The minimum absolute atomic E-state index is 0.351. The molecule has 15 heavy (non-hydrogen) atoms. The van der Waals surface area contributed by atoms with Crippen molar-refractivity contribution >= 4 is 35.6 Å². The first kappa shape index (κ1) is 13.6. The summed E-state index contributed by atoms with van der Waals surface area (Å²) in [5, 5.41) is 0. The summed E-state index contributed by atoms with van der Waals surface area (Å²) in [6.45, 7) is 4.27. The second-order valence-corrected chi connectivity index (χ2v) is 6.80. The molecule has 0 N–H and O–H groups in total. The summed E-state index contributed by atoms with van der Waals surface area (Å²) in [5.41, 5.74) is 0. The van der Waals surface area contributed by atoms with Gasteiger partial charge in [-0.3, -0.25) is 9.05 Å². The molecule has 0 aromatic rings. The number of thioether (sulfide) groups is 2. The first-order valence-electron chi connectivity index (χ1n) is 4.95. The van der Waals surface area contributed by atoms with Crippen LogP contribution in [0.5, 0.6) is 0 Å². The highest BCUT2D eigenvalue weighted by molar-refractivity contribution is 8.39. The van der Waals surface area contributed by atoms with Gasteiger partial charge in [0.1, 0.15) is 4.38 Å². The highest BCUT2D eigenvalue weighted by atomic mass is 32.2. The Morgan fingerprint density at radius 1 is 1.27 bits per heavy atom. The van der Waals surface area contributed by atoms with Gasteiger partial charge in [-0.1, -0.05) is 23.5 Å². The van der Waals surface area contributed by atoms with Crippen LogP contribution in [-0.4, -0.2) is 29.1 Å². The van der Waals surface area contributed by atoms with Crippen molar-refractivity contribution in [2.24, 2.45) is 4.76 Å². The van der Waals surface area contributed by atoms with Crippen molar-refractivity contribution in [1.29, 1.82) is 0 Å². The summed E-state index contributed by atoms with van der Waals surface area (Å²) in [6, 6.07) is 0. The lowest BCUT2D eigenvalue weighted by Gasteiger charge is -2.15. The van der Waals surface area contributed by atoms with Crippen LogP contribution < -0.4 is 0 Å². The van der Waals surface area contributed by atoms with Crippen LogP contribution in [0.3, 0.4) is 0 Å². The van der Waals surface area contributed by atoms with Gasteiger partial charge in [0, 0.05) is 11.5 Å². The smallest absolute Gasteiger partial charge is 0.291 e. The maximum absolute atomic E-state index is 12.0. The molecule has 0 radical (unpaired) electrons. The Hall–Kier alpha value is 0.520. The first-order chi connectivity index (χ1) is 7.20. The fourth-order valence-electron chi connectivity index (χ4n) is 0.999. The van der Waals surface area contributed by atoms with Crippen LogP contribution in [0.2, 0.25) is 0 Å². The summed E-state index contributed by atoms with van der Waals surface area (Å²) >= 11 is 3.25. The van der Waals surface area contributed by atoms with E-state index in [0.717, 1.165) is 15.9 Å². The molecule has 0 atom stereocenters. The average Bonchev–Trinajstić information content (AvgIpc) is 2.19. The van der Waals surface area contributed by atoms with E-state index in [4.69, 9.17) is 9.05 Å². The summed E-state index contributed by atoms with van der Waals surface area (Å²) in [7, 11) is -3.24. The molecular weight excluding hydrogens is 253 g/mol. The first-order valence-corrected chi connectivity index (χ1v) is 8.42. The molecule has 0 bridgehead atoms. The van der Waals surface area contributed by atoms with Crippen molar-refractivity contribution in [1.82, 2.24) is 0 Å². The molecule has 1 fully saturated rings. The normalized spacial score (nSPS) is 17.9. The standard InChI is InChI=1S/C8H16NO3PS2/c1-3-11-13(10,12-4-2)9-8-14-6-5-7-15-8/h3-7H2,1-2H3. The summed E-state index contributed by atoms with van der Waals surface area (Å²) < 4.78 is 27.1. The SMILES string of the molecule is CCOP(=O)(N=C1SCCCS1)OCC. The maximum Gasteiger partial charge on any atom is 0.455 e. The van der Waals surface area contributed by atoms with Gasteiger partial charge < -0.3 is 0 Å². The third-order valence-corrected chi connectivity index (χ3v) is 5.78. The molecule has 1 rings (SSSR count).